The first kappa shape index (κ1) is 18.8. The number of amides is 3. The molecule has 0 saturated heterocycles. The topological polar surface area (TPSA) is 106 Å². The number of aryl methyl sites for hydroxylation is 1. The average molecular weight is 364 g/mol. The third-order valence-corrected chi connectivity index (χ3v) is 3.62. The second-order valence-electron chi connectivity index (χ2n) is 5.53. The standard InChI is InChI=1S/C16H20N4O4S/c1-10(2)17-15(22)18-13(21)9-25-16-20-19-14(24-16)8-23-12-6-4-5-11(3)7-12/h4-7,10H,8-9H2,1-3H3,(H2,17,18,21,22). The van der Waals surface area contributed by atoms with Crippen molar-refractivity contribution in [1.29, 1.82) is 0 Å². The Bertz CT molecular complexity index is 732. The number of urea groups is 1. The molecule has 3 amide bonds. The molecule has 1 aromatic heterocycles. The molecule has 1 heterocycles. The maximum Gasteiger partial charge on any atom is 0.321 e. The molecule has 0 aliphatic rings. The van der Waals surface area contributed by atoms with E-state index in [9.17, 15) is 9.59 Å². The number of benzene rings is 1. The third-order valence-electron chi connectivity index (χ3n) is 2.80. The van der Waals surface area contributed by atoms with Gasteiger partial charge in [-0.15, -0.1) is 10.2 Å². The van der Waals surface area contributed by atoms with E-state index in [1.54, 1.807) is 13.8 Å². The zero-order valence-corrected chi connectivity index (χ0v) is 15.1. The highest BCUT2D eigenvalue weighted by molar-refractivity contribution is 7.99. The van der Waals surface area contributed by atoms with Gasteiger partial charge < -0.3 is 14.5 Å². The summed E-state index contributed by atoms with van der Waals surface area (Å²) in [7, 11) is 0. The minimum Gasteiger partial charge on any atom is -0.484 e. The molecule has 2 aromatic rings. The molecular formula is C16H20N4O4S. The van der Waals surface area contributed by atoms with Gasteiger partial charge in [0, 0.05) is 6.04 Å². The lowest BCUT2D eigenvalue weighted by Gasteiger charge is -2.08. The zero-order chi connectivity index (χ0) is 18.2. The summed E-state index contributed by atoms with van der Waals surface area (Å²) in [6.45, 7) is 5.72. The van der Waals surface area contributed by atoms with Crippen molar-refractivity contribution < 1.29 is 18.7 Å². The number of aromatic nitrogens is 2. The number of hydrogen-bond acceptors (Lipinski definition) is 7. The Labute approximate surface area is 149 Å². The Kier molecular flexibility index (Phi) is 6.81. The summed E-state index contributed by atoms with van der Waals surface area (Å²) in [5, 5.41) is 12.7. The van der Waals surface area contributed by atoms with Gasteiger partial charge in [0.1, 0.15) is 5.75 Å². The van der Waals surface area contributed by atoms with Gasteiger partial charge in [0.25, 0.3) is 11.1 Å². The van der Waals surface area contributed by atoms with E-state index in [2.05, 4.69) is 20.8 Å². The molecule has 0 atom stereocenters. The number of nitrogens with one attached hydrogen (secondary N) is 2. The molecule has 134 valence electrons. The molecule has 0 bridgehead atoms. The van der Waals surface area contributed by atoms with E-state index in [0.717, 1.165) is 17.3 Å². The normalized spacial score (nSPS) is 10.6. The van der Waals surface area contributed by atoms with Crippen LogP contribution in [-0.4, -0.2) is 33.9 Å². The number of thioether (sulfide) groups is 1. The van der Waals surface area contributed by atoms with Crippen LogP contribution in [0.15, 0.2) is 33.9 Å². The Hall–Kier alpha value is -2.55. The van der Waals surface area contributed by atoms with Crippen molar-refractivity contribution in [2.24, 2.45) is 0 Å². The summed E-state index contributed by atoms with van der Waals surface area (Å²) in [6.07, 6.45) is 0. The molecule has 9 heteroatoms. The number of carbonyl (C=O) groups excluding carboxylic acids is 2. The second-order valence-corrected chi connectivity index (χ2v) is 6.46. The van der Waals surface area contributed by atoms with Crippen LogP contribution in [-0.2, 0) is 11.4 Å². The van der Waals surface area contributed by atoms with E-state index in [1.165, 1.54) is 0 Å². The first-order valence-corrected chi connectivity index (χ1v) is 8.66. The van der Waals surface area contributed by atoms with Crippen molar-refractivity contribution in [2.75, 3.05) is 5.75 Å². The summed E-state index contributed by atoms with van der Waals surface area (Å²) < 4.78 is 11.0. The molecule has 2 N–H and O–H groups in total. The smallest absolute Gasteiger partial charge is 0.321 e. The second kappa shape index (κ2) is 9.07. The van der Waals surface area contributed by atoms with Crippen LogP contribution in [0.25, 0.3) is 0 Å². The number of carbonyl (C=O) groups is 2. The number of hydrogen-bond donors (Lipinski definition) is 2. The monoisotopic (exact) mass is 364 g/mol. The third kappa shape index (κ3) is 6.84. The molecule has 0 radical (unpaired) electrons. The van der Waals surface area contributed by atoms with Gasteiger partial charge in [-0.25, -0.2) is 4.79 Å². The maximum absolute atomic E-state index is 11.7. The molecular weight excluding hydrogens is 344 g/mol. The highest BCUT2D eigenvalue weighted by Crippen LogP contribution is 2.18. The fourth-order valence-corrected chi connectivity index (χ4v) is 2.37. The van der Waals surface area contributed by atoms with E-state index in [-0.39, 0.29) is 23.6 Å². The van der Waals surface area contributed by atoms with Gasteiger partial charge >= 0.3 is 6.03 Å². The zero-order valence-electron chi connectivity index (χ0n) is 14.2. The van der Waals surface area contributed by atoms with Gasteiger partial charge in [-0.3, -0.25) is 10.1 Å². The summed E-state index contributed by atoms with van der Waals surface area (Å²) in [5.74, 6) is 0.565. The van der Waals surface area contributed by atoms with Crippen LogP contribution < -0.4 is 15.4 Å². The van der Waals surface area contributed by atoms with E-state index in [1.807, 2.05) is 31.2 Å². The van der Waals surface area contributed by atoms with Crippen LogP contribution in [0.2, 0.25) is 0 Å². The lowest BCUT2D eigenvalue weighted by Crippen LogP contribution is -2.43. The van der Waals surface area contributed by atoms with Crippen molar-refractivity contribution in [3.63, 3.8) is 0 Å². The SMILES string of the molecule is Cc1cccc(OCc2nnc(SCC(=O)NC(=O)NC(C)C)o2)c1. The highest BCUT2D eigenvalue weighted by atomic mass is 32.2. The van der Waals surface area contributed by atoms with Gasteiger partial charge in [0.15, 0.2) is 6.61 Å². The molecule has 0 aliphatic carbocycles. The molecule has 0 saturated carbocycles. The Morgan fingerprint density at radius 3 is 2.84 bits per heavy atom. The van der Waals surface area contributed by atoms with Crippen LogP contribution in [0, 0.1) is 6.92 Å². The van der Waals surface area contributed by atoms with Gasteiger partial charge in [-0.05, 0) is 38.5 Å². The van der Waals surface area contributed by atoms with Crippen molar-refractivity contribution >= 4 is 23.7 Å². The highest BCUT2D eigenvalue weighted by Gasteiger charge is 2.12. The summed E-state index contributed by atoms with van der Waals surface area (Å²) in [5.41, 5.74) is 1.09. The molecule has 0 unspecified atom stereocenters. The molecule has 0 spiro atoms. The predicted molar refractivity (Wildman–Crippen MR) is 92.3 cm³/mol. The molecule has 25 heavy (non-hydrogen) atoms. The summed E-state index contributed by atoms with van der Waals surface area (Å²) in [4.78, 5) is 23.1. The van der Waals surface area contributed by atoms with Crippen LogP contribution >= 0.6 is 11.8 Å². The minimum atomic E-state index is -0.529. The molecule has 2 rings (SSSR count). The number of nitrogens with zero attached hydrogens (tertiary/aromatic N) is 2. The van der Waals surface area contributed by atoms with Gasteiger partial charge in [0.05, 0.1) is 5.75 Å². The van der Waals surface area contributed by atoms with E-state index < -0.39 is 11.9 Å². The Balaban J connectivity index is 1.75. The Morgan fingerprint density at radius 2 is 2.12 bits per heavy atom. The fraction of sp³-hybridized carbons (Fsp3) is 0.375. The van der Waals surface area contributed by atoms with Crippen LogP contribution in [0.1, 0.15) is 25.3 Å². The predicted octanol–water partition coefficient (Wildman–Crippen LogP) is 2.28. The van der Waals surface area contributed by atoms with Gasteiger partial charge in [0.2, 0.25) is 5.91 Å². The quantitative estimate of drug-likeness (QED) is 0.726. The minimum absolute atomic E-state index is 0.00805. The number of rotatable bonds is 7. The average Bonchev–Trinajstić information content (AvgIpc) is 2.98. The first-order valence-electron chi connectivity index (χ1n) is 7.67. The lowest BCUT2D eigenvalue weighted by atomic mass is 10.2. The number of ether oxygens (including phenoxy) is 1. The largest absolute Gasteiger partial charge is 0.484 e. The van der Waals surface area contributed by atoms with E-state index in [4.69, 9.17) is 9.15 Å². The van der Waals surface area contributed by atoms with Crippen molar-refractivity contribution in [1.82, 2.24) is 20.8 Å². The first-order chi connectivity index (χ1) is 11.9. The summed E-state index contributed by atoms with van der Waals surface area (Å²) in [6, 6.07) is 7.03. The van der Waals surface area contributed by atoms with Crippen LogP contribution in [0.3, 0.4) is 0 Å². The molecule has 0 aliphatic heterocycles. The summed E-state index contributed by atoms with van der Waals surface area (Å²) >= 11 is 1.05. The van der Waals surface area contributed by atoms with Crippen molar-refractivity contribution in [3.8, 4) is 5.75 Å². The molecule has 0 fully saturated rings. The van der Waals surface area contributed by atoms with Gasteiger partial charge in [-0.2, -0.15) is 0 Å². The fourth-order valence-electron chi connectivity index (χ4n) is 1.79. The van der Waals surface area contributed by atoms with Gasteiger partial charge in [-0.1, -0.05) is 23.9 Å². The maximum atomic E-state index is 11.7. The Morgan fingerprint density at radius 1 is 1.32 bits per heavy atom. The van der Waals surface area contributed by atoms with Crippen molar-refractivity contribution in [3.05, 3.63) is 35.7 Å². The number of imide groups is 1. The van der Waals surface area contributed by atoms with Crippen LogP contribution in [0.5, 0.6) is 5.75 Å². The van der Waals surface area contributed by atoms with E-state index >= 15 is 0 Å². The van der Waals surface area contributed by atoms with Crippen LogP contribution in [0.4, 0.5) is 4.79 Å². The van der Waals surface area contributed by atoms with E-state index in [0.29, 0.717) is 11.6 Å². The molecule has 8 nitrogen and oxygen atoms in total. The molecule has 1 aromatic carbocycles. The van der Waals surface area contributed by atoms with Crippen molar-refractivity contribution in [2.45, 2.75) is 38.6 Å². The lowest BCUT2D eigenvalue weighted by molar-refractivity contribution is -0.117.